The zero-order valence-corrected chi connectivity index (χ0v) is 30.3. The predicted molar refractivity (Wildman–Crippen MR) is 188 cm³/mol. The SMILES string of the molecule is CCN(CC)C(=O)C(C(C)C)N1CCN(C(=O)[C@@H](Cc2ccc(Cl)cc2)NC(=O)[C@H]2Cc3ccccc3CN2C(=O)OC(C)(C)C)CC1. The summed E-state index contributed by atoms with van der Waals surface area (Å²) in [6, 6.07) is 13.0. The van der Waals surface area contributed by atoms with Crippen molar-refractivity contribution in [3.05, 3.63) is 70.2 Å². The van der Waals surface area contributed by atoms with Crippen LogP contribution in [0.2, 0.25) is 5.02 Å². The number of hydrogen-bond donors (Lipinski definition) is 1. The molecule has 2 heterocycles. The lowest BCUT2D eigenvalue weighted by Gasteiger charge is -2.42. The molecule has 2 aliphatic heterocycles. The van der Waals surface area contributed by atoms with E-state index in [1.165, 1.54) is 4.90 Å². The maximum Gasteiger partial charge on any atom is 0.411 e. The molecule has 2 aromatic rings. The van der Waals surface area contributed by atoms with Crippen LogP contribution in [0.1, 0.15) is 65.2 Å². The highest BCUT2D eigenvalue weighted by molar-refractivity contribution is 6.30. The summed E-state index contributed by atoms with van der Waals surface area (Å²) in [5.74, 6) is -0.378. The number of benzene rings is 2. The molecule has 0 radical (unpaired) electrons. The molecule has 0 aliphatic carbocycles. The lowest BCUT2D eigenvalue weighted by molar-refractivity contribution is -0.143. The van der Waals surface area contributed by atoms with E-state index in [0.29, 0.717) is 50.7 Å². The predicted octanol–water partition coefficient (Wildman–Crippen LogP) is 4.77. The maximum atomic E-state index is 14.2. The summed E-state index contributed by atoms with van der Waals surface area (Å²) in [6.45, 7) is 17.0. The van der Waals surface area contributed by atoms with Gasteiger partial charge in [0.1, 0.15) is 17.7 Å². The first-order chi connectivity index (χ1) is 22.7. The third-order valence-corrected chi connectivity index (χ3v) is 9.38. The molecule has 262 valence electrons. The highest BCUT2D eigenvalue weighted by Crippen LogP contribution is 2.26. The van der Waals surface area contributed by atoms with Gasteiger partial charge in [0.15, 0.2) is 0 Å². The summed E-state index contributed by atoms with van der Waals surface area (Å²) in [5, 5.41) is 3.62. The van der Waals surface area contributed by atoms with E-state index in [-0.39, 0.29) is 36.7 Å². The summed E-state index contributed by atoms with van der Waals surface area (Å²) >= 11 is 6.15. The van der Waals surface area contributed by atoms with Crippen LogP contribution in [-0.2, 0) is 38.5 Å². The van der Waals surface area contributed by atoms with E-state index in [9.17, 15) is 19.2 Å². The fraction of sp³-hybridized carbons (Fsp3) is 0.568. The van der Waals surface area contributed by atoms with Gasteiger partial charge in [-0.2, -0.15) is 0 Å². The molecule has 11 heteroatoms. The first-order valence-corrected chi connectivity index (χ1v) is 17.5. The highest BCUT2D eigenvalue weighted by atomic mass is 35.5. The van der Waals surface area contributed by atoms with Crippen LogP contribution in [0.25, 0.3) is 0 Å². The summed E-state index contributed by atoms with van der Waals surface area (Å²) in [5.41, 5.74) is 2.04. The van der Waals surface area contributed by atoms with Crippen LogP contribution < -0.4 is 5.32 Å². The van der Waals surface area contributed by atoms with E-state index in [4.69, 9.17) is 16.3 Å². The Kier molecular flexibility index (Phi) is 12.5. The second-order valence-corrected chi connectivity index (χ2v) is 14.5. The number of carbonyl (C=O) groups is 4. The normalized spacial score (nSPS) is 18.1. The van der Waals surface area contributed by atoms with Gasteiger partial charge in [-0.25, -0.2) is 4.79 Å². The Hall–Kier alpha value is -3.63. The van der Waals surface area contributed by atoms with E-state index in [1.807, 2.05) is 55.1 Å². The van der Waals surface area contributed by atoms with Crippen LogP contribution in [0.5, 0.6) is 0 Å². The number of piperazine rings is 1. The number of hydrogen-bond acceptors (Lipinski definition) is 6. The maximum absolute atomic E-state index is 14.2. The molecule has 48 heavy (non-hydrogen) atoms. The minimum absolute atomic E-state index is 0.117. The molecule has 1 N–H and O–H groups in total. The van der Waals surface area contributed by atoms with Crippen molar-refractivity contribution in [1.29, 1.82) is 0 Å². The van der Waals surface area contributed by atoms with Crippen LogP contribution >= 0.6 is 11.6 Å². The molecule has 1 fully saturated rings. The van der Waals surface area contributed by atoms with Gasteiger partial charge in [0.05, 0.1) is 12.6 Å². The first-order valence-electron chi connectivity index (χ1n) is 17.1. The molecular formula is C37H52ClN5O5. The van der Waals surface area contributed by atoms with Crippen molar-refractivity contribution >= 4 is 35.4 Å². The summed E-state index contributed by atoms with van der Waals surface area (Å²) in [7, 11) is 0. The van der Waals surface area contributed by atoms with E-state index in [1.54, 1.807) is 37.8 Å². The molecule has 0 spiro atoms. The molecule has 0 saturated carbocycles. The minimum Gasteiger partial charge on any atom is -0.444 e. The molecule has 10 nitrogen and oxygen atoms in total. The Morgan fingerprint density at radius 1 is 0.938 bits per heavy atom. The van der Waals surface area contributed by atoms with Crippen molar-refractivity contribution in [3.8, 4) is 0 Å². The molecule has 0 aromatic heterocycles. The third kappa shape index (κ3) is 9.29. The molecule has 2 aromatic carbocycles. The van der Waals surface area contributed by atoms with E-state index in [0.717, 1.165) is 16.7 Å². The number of carbonyl (C=O) groups excluding carboxylic acids is 4. The van der Waals surface area contributed by atoms with Crippen molar-refractivity contribution in [3.63, 3.8) is 0 Å². The van der Waals surface area contributed by atoms with E-state index < -0.39 is 29.7 Å². The van der Waals surface area contributed by atoms with Gasteiger partial charge in [0.25, 0.3) is 0 Å². The zero-order valence-electron chi connectivity index (χ0n) is 29.5. The van der Waals surface area contributed by atoms with Crippen LogP contribution in [0.4, 0.5) is 4.79 Å². The average molecular weight is 682 g/mol. The molecule has 1 unspecified atom stereocenters. The molecule has 0 bridgehead atoms. The lowest BCUT2D eigenvalue weighted by atomic mass is 9.93. The first kappa shape index (κ1) is 37.2. The smallest absolute Gasteiger partial charge is 0.411 e. The molecule has 4 amide bonds. The Bertz CT molecular complexity index is 1430. The fourth-order valence-electron chi connectivity index (χ4n) is 6.62. The molecular weight excluding hydrogens is 630 g/mol. The topological polar surface area (TPSA) is 103 Å². The average Bonchev–Trinajstić information content (AvgIpc) is 3.04. The van der Waals surface area contributed by atoms with Gasteiger partial charge in [-0.3, -0.25) is 24.2 Å². The Balaban J connectivity index is 1.55. The van der Waals surface area contributed by atoms with Gasteiger partial charge in [-0.15, -0.1) is 0 Å². The van der Waals surface area contributed by atoms with Gasteiger partial charge in [-0.1, -0.05) is 61.8 Å². The van der Waals surface area contributed by atoms with Crippen molar-refractivity contribution in [2.24, 2.45) is 5.92 Å². The van der Waals surface area contributed by atoms with Crippen LogP contribution in [0.3, 0.4) is 0 Å². The second kappa shape index (κ2) is 16.2. The fourth-order valence-corrected chi connectivity index (χ4v) is 6.75. The van der Waals surface area contributed by atoms with Crippen molar-refractivity contribution < 1.29 is 23.9 Å². The Morgan fingerprint density at radius 2 is 1.54 bits per heavy atom. The van der Waals surface area contributed by atoms with Crippen molar-refractivity contribution in [2.75, 3.05) is 39.3 Å². The number of rotatable bonds is 10. The Morgan fingerprint density at radius 3 is 2.10 bits per heavy atom. The number of amides is 4. The largest absolute Gasteiger partial charge is 0.444 e. The van der Waals surface area contributed by atoms with Gasteiger partial charge in [-0.05, 0) is 69.4 Å². The van der Waals surface area contributed by atoms with E-state index in [2.05, 4.69) is 24.1 Å². The third-order valence-electron chi connectivity index (χ3n) is 9.13. The molecule has 2 aliphatic rings. The minimum atomic E-state index is -0.874. The summed E-state index contributed by atoms with van der Waals surface area (Å²) in [6.07, 6.45) is -0.0149. The number of nitrogens with zero attached hydrogens (tertiary/aromatic N) is 4. The van der Waals surface area contributed by atoms with Crippen LogP contribution in [0.15, 0.2) is 48.5 Å². The second-order valence-electron chi connectivity index (χ2n) is 14.0. The van der Waals surface area contributed by atoms with Crippen LogP contribution in [-0.4, -0.2) is 106 Å². The molecule has 3 atom stereocenters. The number of fused-ring (bicyclic) bond motifs is 1. The van der Waals surface area contributed by atoms with Crippen molar-refractivity contribution in [2.45, 2.75) is 91.6 Å². The van der Waals surface area contributed by atoms with Gasteiger partial charge >= 0.3 is 6.09 Å². The number of halogens is 1. The summed E-state index contributed by atoms with van der Waals surface area (Å²) in [4.78, 5) is 62.4. The summed E-state index contributed by atoms with van der Waals surface area (Å²) < 4.78 is 5.71. The number of nitrogens with one attached hydrogen (secondary N) is 1. The van der Waals surface area contributed by atoms with Crippen LogP contribution in [0, 0.1) is 5.92 Å². The quantitative estimate of drug-likeness (QED) is 0.388. The van der Waals surface area contributed by atoms with Gasteiger partial charge in [0.2, 0.25) is 17.7 Å². The van der Waals surface area contributed by atoms with Gasteiger partial charge in [0, 0.05) is 57.1 Å². The standard InChI is InChI=1S/C37H52ClN5O5/c1-8-40(9-2)35(46)32(25(3)4)41-18-20-42(21-19-41)34(45)30(22-26-14-16-29(38)17-15-26)39-33(44)31-23-27-12-10-11-13-28(27)24-43(31)36(47)48-37(5,6)7/h10-17,25,30-32H,8-9,18-24H2,1-7H3,(H,39,44)/t30-,31-,32?/m1/s1. The van der Waals surface area contributed by atoms with Crippen molar-refractivity contribution in [1.82, 2.24) is 24.9 Å². The highest BCUT2D eigenvalue weighted by Gasteiger charge is 2.40. The molecule has 1 saturated heterocycles. The number of ether oxygens (including phenoxy) is 1. The zero-order chi connectivity index (χ0) is 35.2. The molecule has 4 rings (SSSR count). The Labute approximate surface area is 290 Å². The monoisotopic (exact) mass is 681 g/mol. The number of likely N-dealkylation sites (N-methyl/N-ethyl adjacent to an activating group) is 1. The van der Waals surface area contributed by atoms with E-state index >= 15 is 0 Å². The van der Waals surface area contributed by atoms with Gasteiger partial charge < -0.3 is 19.9 Å². The lowest BCUT2D eigenvalue weighted by Crippen LogP contribution is -2.61.